The molecular weight excluding hydrogens is 348 g/mol. The van der Waals surface area contributed by atoms with Crippen molar-refractivity contribution in [3.8, 4) is 5.75 Å². The number of amides is 1. The summed E-state index contributed by atoms with van der Waals surface area (Å²) in [6, 6.07) is 8.49. The average Bonchev–Trinajstić information content (AvgIpc) is 2.60. The first-order valence-electron chi connectivity index (χ1n) is 9.78. The summed E-state index contributed by atoms with van der Waals surface area (Å²) in [6.45, 7) is 8.36. The molecule has 1 heterocycles. The summed E-state index contributed by atoms with van der Waals surface area (Å²) in [6.07, 6.45) is 6.24. The number of nitrogens with one attached hydrogen (secondary N) is 2. The van der Waals surface area contributed by atoms with Crippen LogP contribution in [0, 0.1) is 5.92 Å². The monoisotopic (exact) mass is 382 g/mol. The van der Waals surface area contributed by atoms with Crippen LogP contribution in [-0.4, -0.2) is 31.1 Å². The number of carbonyl (C=O) groups is 1. The van der Waals surface area contributed by atoms with Crippen LogP contribution in [0.1, 0.15) is 58.4 Å². The highest BCUT2D eigenvalue weighted by atomic mass is 35.5. The predicted molar refractivity (Wildman–Crippen MR) is 110 cm³/mol. The molecule has 0 radical (unpaired) electrons. The molecule has 1 saturated heterocycles. The fourth-order valence-corrected chi connectivity index (χ4v) is 3.31. The smallest absolute Gasteiger partial charge is 0.220 e. The Morgan fingerprint density at radius 1 is 1.19 bits per heavy atom. The topological polar surface area (TPSA) is 50.4 Å². The molecule has 1 aromatic carbocycles. The standard InChI is InChI=1S/C21H34N2O2.ClH/c1-16(2)25-20-9-6-18(7-10-20)5-4-17(3)23-21(24)11-8-19-12-14-22-15-13-19;/h6-7,9-10,16-17,19,22H,4-5,8,11-15H2,1-3H3,(H,23,24);1H. The minimum absolute atomic E-state index is 0. The van der Waals surface area contributed by atoms with Gasteiger partial charge in [-0.2, -0.15) is 0 Å². The zero-order valence-electron chi connectivity index (χ0n) is 16.4. The maximum atomic E-state index is 12.1. The largest absolute Gasteiger partial charge is 0.491 e. The summed E-state index contributed by atoms with van der Waals surface area (Å²) in [5, 5.41) is 6.52. The number of halogens is 1. The van der Waals surface area contributed by atoms with Crippen molar-refractivity contribution in [3.63, 3.8) is 0 Å². The molecule has 0 bridgehead atoms. The number of piperidine rings is 1. The van der Waals surface area contributed by atoms with E-state index in [-0.39, 0.29) is 30.5 Å². The second kappa shape index (κ2) is 12.2. The summed E-state index contributed by atoms with van der Waals surface area (Å²) < 4.78 is 5.66. The van der Waals surface area contributed by atoms with Crippen molar-refractivity contribution in [1.29, 1.82) is 0 Å². The van der Waals surface area contributed by atoms with Gasteiger partial charge >= 0.3 is 0 Å². The highest BCUT2D eigenvalue weighted by Crippen LogP contribution is 2.18. The van der Waals surface area contributed by atoms with Crippen LogP contribution < -0.4 is 15.4 Å². The molecular formula is C21H35ClN2O2. The van der Waals surface area contributed by atoms with Crippen LogP contribution in [-0.2, 0) is 11.2 Å². The molecule has 1 amide bonds. The minimum atomic E-state index is 0. The number of benzene rings is 1. The van der Waals surface area contributed by atoms with E-state index < -0.39 is 0 Å². The molecule has 26 heavy (non-hydrogen) atoms. The van der Waals surface area contributed by atoms with Gasteiger partial charge in [0.2, 0.25) is 5.91 Å². The third kappa shape index (κ3) is 8.91. The van der Waals surface area contributed by atoms with E-state index in [2.05, 4.69) is 29.7 Å². The van der Waals surface area contributed by atoms with Crippen molar-refractivity contribution in [2.45, 2.75) is 71.4 Å². The highest BCUT2D eigenvalue weighted by Gasteiger charge is 2.15. The first kappa shape index (κ1) is 22.8. The van der Waals surface area contributed by atoms with E-state index in [9.17, 15) is 4.79 Å². The quantitative estimate of drug-likeness (QED) is 0.675. The number of ether oxygens (including phenoxy) is 1. The number of carbonyl (C=O) groups excluding carboxylic acids is 1. The maximum Gasteiger partial charge on any atom is 0.220 e. The van der Waals surface area contributed by atoms with Crippen LogP contribution in [0.2, 0.25) is 0 Å². The Labute approximate surface area is 164 Å². The number of aryl methyl sites for hydroxylation is 1. The highest BCUT2D eigenvalue weighted by molar-refractivity contribution is 5.85. The number of hydrogen-bond donors (Lipinski definition) is 2. The zero-order valence-corrected chi connectivity index (χ0v) is 17.2. The van der Waals surface area contributed by atoms with E-state index in [1.807, 2.05) is 26.0 Å². The maximum absolute atomic E-state index is 12.1. The second-order valence-corrected chi connectivity index (χ2v) is 7.55. The van der Waals surface area contributed by atoms with Crippen molar-refractivity contribution in [1.82, 2.24) is 10.6 Å². The molecule has 1 atom stereocenters. The van der Waals surface area contributed by atoms with Gasteiger partial charge < -0.3 is 15.4 Å². The summed E-state index contributed by atoms with van der Waals surface area (Å²) in [4.78, 5) is 12.1. The molecule has 148 valence electrons. The summed E-state index contributed by atoms with van der Waals surface area (Å²) in [5.74, 6) is 1.83. The third-order valence-electron chi connectivity index (χ3n) is 4.81. The lowest BCUT2D eigenvalue weighted by atomic mass is 9.93. The molecule has 5 heteroatoms. The van der Waals surface area contributed by atoms with Crippen LogP contribution in [0.4, 0.5) is 0 Å². The Hall–Kier alpha value is -1.26. The SMILES string of the molecule is CC(CCc1ccc(OC(C)C)cc1)NC(=O)CCC1CCNCC1.Cl. The molecule has 0 aliphatic carbocycles. The van der Waals surface area contributed by atoms with Crippen LogP contribution in [0.25, 0.3) is 0 Å². The first-order valence-corrected chi connectivity index (χ1v) is 9.78. The lowest BCUT2D eigenvalue weighted by Gasteiger charge is -2.22. The third-order valence-corrected chi connectivity index (χ3v) is 4.81. The lowest BCUT2D eigenvalue weighted by Crippen LogP contribution is -2.34. The summed E-state index contributed by atoms with van der Waals surface area (Å²) in [5.41, 5.74) is 1.28. The van der Waals surface area contributed by atoms with Crippen LogP contribution in [0.3, 0.4) is 0 Å². The van der Waals surface area contributed by atoms with Gasteiger partial charge in [0.25, 0.3) is 0 Å². The molecule has 0 aromatic heterocycles. The summed E-state index contributed by atoms with van der Waals surface area (Å²) >= 11 is 0. The Balaban J connectivity index is 0.00000338. The van der Waals surface area contributed by atoms with Crippen molar-refractivity contribution in [2.24, 2.45) is 5.92 Å². The molecule has 1 aromatic rings. The van der Waals surface area contributed by atoms with E-state index in [0.717, 1.165) is 38.1 Å². The zero-order chi connectivity index (χ0) is 18.1. The average molecular weight is 383 g/mol. The molecule has 0 saturated carbocycles. The van der Waals surface area contributed by atoms with E-state index in [1.54, 1.807) is 0 Å². The van der Waals surface area contributed by atoms with Gasteiger partial charge in [0, 0.05) is 12.5 Å². The van der Waals surface area contributed by atoms with E-state index in [4.69, 9.17) is 4.74 Å². The van der Waals surface area contributed by atoms with Crippen molar-refractivity contribution < 1.29 is 9.53 Å². The molecule has 1 unspecified atom stereocenters. The fraction of sp³-hybridized carbons (Fsp3) is 0.667. The van der Waals surface area contributed by atoms with Gasteiger partial charge in [-0.15, -0.1) is 12.4 Å². The van der Waals surface area contributed by atoms with Crippen LogP contribution >= 0.6 is 12.4 Å². The molecule has 1 fully saturated rings. The van der Waals surface area contributed by atoms with Gasteiger partial charge in [0.1, 0.15) is 5.75 Å². The van der Waals surface area contributed by atoms with Gasteiger partial charge in [-0.05, 0) is 89.6 Å². The molecule has 1 aliphatic rings. The minimum Gasteiger partial charge on any atom is -0.491 e. The van der Waals surface area contributed by atoms with Crippen LogP contribution in [0.5, 0.6) is 5.75 Å². The molecule has 4 nitrogen and oxygen atoms in total. The van der Waals surface area contributed by atoms with Crippen LogP contribution in [0.15, 0.2) is 24.3 Å². The van der Waals surface area contributed by atoms with Gasteiger partial charge in [0.15, 0.2) is 0 Å². The van der Waals surface area contributed by atoms with Gasteiger partial charge in [-0.3, -0.25) is 4.79 Å². The first-order chi connectivity index (χ1) is 12.0. The Bertz CT molecular complexity index is 513. The van der Waals surface area contributed by atoms with Gasteiger partial charge in [-0.1, -0.05) is 12.1 Å². The molecule has 2 N–H and O–H groups in total. The van der Waals surface area contributed by atoms with Crippen molar-refractivity contribution >= 4 is 18.3 Å². The summed E-state index contributed by atoms with van der Waals surface area (Å²) in [7, 11) is 0. The molecule has 1 aliphatic heterocycles. The Kier molecular flexibility index (Phi) is 10.7. The van der Waals surface area contributed by atoms with E-state index in [1.165, 1.54) is 18.4 Å². The number of hydrogen-bond acceptors (Lipinski definition) is 3. The van der Waals surface area contributed by atoms with Gasteiger partial charge in [-0.25, -0.2) is 0 Å². The van der Waals surface area contributed by atoms with Crippen molar-refractivity contribution in [3.05, 3.63) is 29.8 Å². The van der Waals surface area contributed by atoms with E-state index >= 15 is 0 Å². The number of rotatable bonds is 9. The molecule has 2 rings (SSSR count). The van der Waals surface area contributed by atoms with Gasteiger partial charge in [0.05, 0.1) is 6.10 Å². The Morgan fingerprint density at radius 3 is 2.46 bits per heavy atom. The van der Waals surface area contributed by atoms with E-state index in [0.29, 0.717) is 12.3 Å². The normalized spacial score (nSPS) is 16.0. The fourth-order valence-electron chi connectivity index (χ4n) is 3.31. The Morgan fingerprint density at radius 2 is 1.85 bits per heavy atom. The lowest BCUT2D eigenvalue weighted by molar-refractivity contribution is -0.122. The predicted octanol–water partition coefficient (Wildman–Crippen LogP) is 4.11. The second-order valence-electron chi connectivity index (χ2n) is 7.55. The molecule has 0 spiro atoms. The van der Waals surface area contributed by atoms with Crippen molar-refractivity contribution in [2.75, 3.05) is 13.1 Å².